The summed E-state index contributed by atoms with van der Waals surface area (Å²) in [5.41, 5.74) is 6.64. The van der Waals surface area contributed by atoms with Crippen molar-refractivity contribution >= 4 is 40.7 Å². The predicted molar refractivity (Wildman–Crippen MR) is 107 cm³/mol. The number of hydrogen-bond donors (Lipinski definition) is 2. The van der Waals surface area contributed by atoms with E-state index >= 15 is 0 Å². The summed E-state index contributed by atoms with van der Waals surface area (Å²) in [5, 5.41) is 0.931. The Morgan fingerprint density at radius 2 is 2.00 bits per heavy atom. The van der Waals surface area contributed by atoms with Gasteiger partial charge in [0.15, 0.2) is 0 Å². The third-order valence-corrected chi connectivity index (χ3v) is 4.39. The highest BCUT2D eigenvalue weighted by molar-refractivity contribution is 6.35. The van der Waals surface area contributed by atoms with Crippen molar-refractivity contribution < 1.29 is 14.3 Å². The van der Waals surface area contributed by atoms with E-state index in [1.165, 1.54) is 0 Å². The molecule has 28 heavy (non-hydrogen) atoms. The summed E-state index contributed by atoms with van der Waals surface area (Å²) in [6.07, 6.45) is 4.05. The number of aryl methyl sites for hydroxylation is 1. The Hall–Kier alpha value is -2.77. The van der Waals surface area contributed by atoms with Crippen LogP contribution in [0.3, 0.4) is 0 Å². The molecule has 0 radical (unpaired) electrons. The van der Waals surface area contributed by atoms with E-state index in [0.29, 0.717) is 34.5 Å². The highest BCUT2D eigenvalue weighted by Crippen LogP contribution is 2.27. The zero-order valence-corrected chi connectivity index (χ0v) is 16.5. The summed E-state index contributed by atoms with van der Waals surface area (Å²) in [6, 6.07) is 8.70. The van der Waals surface area contributed by atoms with Crippen molar-refractivity contribution in [2.24, 2.45) is 0 Å². The second kappa shape index (κ2) is 8.95. The third-order valence-electron chi connectivity index (χ3n) is 3.86. The van der Waals surface area contributed by atoms with Crippen molar-refractivity contribution in [2.45, 2.75) is 19.8 Å². The lowest BCUT2D eigenvalue weighted by Gasteiger charge is -2.09. The van der Waals surface area contributed by atoms with Crippen molar-refractivity contribution in [3.63, 3.8) is 0 Å². The number of nitrogens with zero attached hydrogens (tertiary/aromatic N) is 2. The van der Waals surface area contributed by atoms with Gasteiger partial charge in [-0.15, -0.1) is 0 Å². The van der Waals surface area contributed by atoms with Crippen LogP contribution in [0.2, 0.25) is 10.0 Å². The molecule has 146 valence electrons. The first-order valence-corrected chi connectivity index (χ1v) is 9.30. The third kappa shape index (κ3) is 5.15. The van der Waals surface area contributed by atoms with Gasteiger partial charge in [-0.25, -0.2) is 4.98 Å². The molecule has 0 unspecified atom stereocenters. The van der Waals surface area contributed by atoms with Crippen LogP contribution in [-0.2, 0) is 4.79 Å². The summed E-state index contributed by atoms with van der Waals surface area (Å²) >= 11 is 11.8. The van der Waals surface area contributed by atoms with Gasteiger partial charge in [0.05, 0.1) is 11.6 Å². The van der Waals surface area contributed by atoms with E-state index in [-0.39, 0.29) is 18.0 Å². The number of ether oxygens (including phenoxy) is 1. The number of aromatic nitrogens is 2. The smallest absolute Gasteiger partial charge is 0.289 e. The monoisotopic (exact) mass is 420 g/mol. The predicted octanol–water partition coefficient (Wildman–Crippen LogP) is 3.57. The fourth-order valence-electron chi connectivity index (χ4n) is 2.45. The molecular weight excluding hydrogens is 403 g/mol. The van der Waals surface area contributed by atoms with Crippen LogP contribution in [-0.4, -0.2) is 27.8 Å². The molecule has 2 heterocycles. The summed E-state index contributed by atoms with van der Waals surface area (Å²) in [7, 11) is 0. The Kier molecular flexibility index (Phi) is 6.38. The number of benzene rings is 1. The molecule has 3 aromatic rings. The number of nitrogens with one attached hydrogen (secondary N) is 2. The Morgan fingerprint density at radius 3 is 2.79 bits per heavy atom. The molecule has 0 spiro atoms. The number of hydrazine groups is 1. The molecule has 2 amide bonds. The van der Waals surface area contributed by atoms with E-state index in [1.54, 1.807) is 28.8 Å². The van der Waals surface area contributed by atoms with Gasteiger partial charge < -0.3 is 9.14 Å². The summed E-state index contributed by atoms with van der Waals surface area (Å²) in [4.78, 5) is 28.2. The molecule has 1 aromatic carbocycles. The normalized spacial score (nSPS) is 10.7. The number of carbonyl (C=O) groups excluding carboxylic acids is 2. The number of carbonyl (C=O) groups is 2. The van der Waals surface area contributed by atoms with Crippen LogP contribution in [0, 0.1) is 6.92 Å². The maximum Gasteiger partial charge on any atom is 0.289 e. The number of hydrogen-bond acceptors (Lipinski definition) is 4. The molecule has 0 fully saturated rings. The van der Waals surface area contributed by atoms with Crippen molar-refractivity contribution in [3.8, 4) is 5.75 Å². The van der Waals surface area contributed by atoms with Gasteiger partial charge in [0, 0.05) is 23.8 Å². The zero-order chi connectivity index (χ0) is 20.1. The van der Waals surface area contributed by atoms with Gasteiger partial charge in [0.25, 0.3) is 5.91 Å². The molecule has 0 aliphatic carbocycles. The fourth-order valence-corrected chi connectivity index (χ4v) is 2.92. The topological polar surface area (TPSA) is 84.7 Å². The zero-order valence-electron chi connectivity index (χ0n) is 15.0. The van der Waals surface area contributed by atoms with Crippen LogP contribution in [0.4, 0.5) is 0 Å². The maximum atomic E-state index is 12.1. The van der Waals surface area contributed by atoms with Crippen LogP contribution < -0.4 is 15.6 Å². The number of imidazole rings is 1. The molecule has 0 aliphatic rings. The van der Waals surface area contributed by atoms with Gasteiger partial charge in [-0.3, -0.25) is 20.4 Å². The molecule has 2 aromatic heterocycles. The molecule has 0 aliphatic heterocycles. The fraction of sp³-hybridized carbons (Fsp3) is 0.211. The largest absolute Gasteiger partial charge is 0.492 e. The standard InChI is InChI=1S/C19H18Cl2N4O3/c1-12-6-7-25-11-15(22-17(25)9-12)19(27)24-23-18(26)3-2-8-28-16-5-4-13(20)10-14(16)21/h4-7,9-11H,2-3,8H2,1H3,(H,23,26)(H,24,27). The molecule has 7 nitrogen and oxygen atoms in total. The minimum Gasteiger partial charge on any atom is -0.492 e. The Balaban J connectivity index is 1.41. The number of rotatable bonds is 6. The van der Waals surface area contributed by atoms with Gasteiger partial charge >= 0.3 is 0 Å². The van der Waals surface area contributed by atoms with Gasteiger partial charge in [0.1, 0.15) is 17.1 Å². The quantitative estimate of drug-likeness (QED) is 0.471. The highest BCUT2D eigenvalue weighted by atomic mass is 35.5. The first-order chi connectivity index (χ1) is 13.4. The van der Waals surface area contributed by atoms with E-state index in [1.807, 2.05) is 25.3 Å². The average molecular weight is 421 g/mol. The molecule has 3 rings (SSSR count). The number of halogens is 2. The van der Waals surface area contributed by atoms with Crippen molar-refractivity contribution in [1.29, 1.82) is 0 Å². The molecule has 9 heteroatoms. The van der Waals surface area contributed by atoms with Gasteiger partial charge in [-0.2, -0.15) is 0 Å². The molecule has 0 bridgehead atoms. The van der Waals surface area contributed by atoms with Crippen LogP contribution in [0.25, 0.3) is 5.65 Å². The van der Waals surface area contributed by atoms with Gasteiger partial charge in [0.2, 0.25) is 5.91 Å². The summed E-state index contributed by atoms with van der Waals surface area (Å²) in [5.74, 6) is -0.320. The second-order valence-electron chi connectivity index (χ2n) is 6.12. The van der Waals surface area contributed by atoms with Gasteiger partial charge in [-0.05, 0) is 49.2 Å². The lowest BCUT2D eigenvalue weighted by Crippen LogP contribution is -2.41. The first-order valence-electron chi connectivity index (χ1n) is 8.55. The van der Waals surface area contributed by atoms with E-state index in [9.17, 15) is 9.59 Å². The van der Waals surface area contributed by atoms with E-state index in [0.717, 1.165) is 5.56 Å². The second-order valence-corrected chi connectivity index (χ2v) is 6.97. The Morgan fingerprint density at radius 1 is 1.18 bits per heavy atom. The minimum absolute atomic E-state index is 0.176. The lowest BCUT2D eigenvalue weighted by molar-refractivity contribution is -0.122. The van der Waals surface area contributed by atoms with E-state index in [2.05, 4.69) is 15.8 Å². The Labute approximate surface area is 171 Å². The molecular formula is C19H18Cl2N4O3. The summed E-state index contributed by atoms with van der Waals surface area (Å²) in [6.45, 7) is 2.24. The Bertz CT molecular complexity index is 1020. The van der Waals surface area contributed by atoms with Crippen molar-refractivity contribution in [3.05, 3.63) is 64.0 Å². The highest BCUT2D eigenvalue weighted by Gasteiger charge is 2.12. The number of pyridine rings is 1. The van der Waals surface area contributed by atoms with Gasteiger partial charge in [-0.1, -0.05) is 23.2 Å². The molecule has 0 saturated heterocycles. The molecule has 0 saturated carbocycles. The van der Waals surface area contributed by atoms with E-state index in [4.69, 9.17) is 27.9 Å². The SMILES string of the molecule is Cc1ccn2cc(C(=O)NNC(=O)CCCOc3ccc(Cl)cc3Cl)nc2c1. The van der Waals surface area contributed by atoms with Crippen LogP contribution in [0.15, 0.2) is 42.7 Å². The van der Waals surface area contributed by atoms with Crippen molar-refractivity contribution in [1.82, 2.24) is 20.2 Å². The average Bonchev–Trinajstić information content (AvgIpc) is 3.08. The lowest BCUT2D eigenvalue weighted by atomic mass is 10.3. The number of fused-ring (bicyclic) bond motifs is 1. The van der Waals surface area contributed by atoms with Crippen LogP contribution in [0.1, 0.15) is 28.9 Å². The molecule has 2 N–H and O–H groups in total. The first kappa shape index (κ1) is 20.0. The number of amides is 2. The van der Waals surface area contributed by atoms with Crippen molar-refractivity contribution in [2.75, 3.05) is 6.61 Å². The van der Waals surface area contributed by atoms with Crippen LogP contribution >= 0.6 is 23.2 Å². The summed E-state index contributed by atoms with van der Waals surface area (Å²) < 4.78 is 7.25. The van der Waals surface area contributed by atoms with E-state index < -0.39 is 5.91 Å². The molecule has 0 atom stereocenters. The minimum atomic E-state index is -0.487. The maximum absolute atomic E-state index is 12.1. The van der Waals surface area contributed by atoms with Crippen LogP contribution in [0.5, 0.6) is 5.75 Å².